The maximum absolute atomic E-state index is 5.39. The number of nitrogens with one attached hydrogen (secondary N) is 1. The van der Waals surface area contributed by atoms with Gasteiger partial charge in [-0.05, 0) is 37.1 Å². The SMILES string of the molecule is Cc1ccc([C@@H](C)NCc2ccc3c(c2)OCO3)cc1. The molecule has 0 radical (unpaired) electrons. The highest BCUT2D eigenvalue weighted by Crippen LogP contribution is 2.32. The molecule has 0 bridgehead atoms. The van der Waals surface area contributed by atoms with Gasteiger partial charge in [-0.15, -0.1) is 0 Å². The van der Waals surface area contributed by atoms with E-state index in [2.05, 4.69) is 49.5 Å². The third-order valence-electron chi connectivity index (χ3n) is 3.63. The number of aryl methyl sites for hydroxylation is 1. The molecule has 1 aliphatic heterocycles. The van der Waals surface area contributed by atoms with Crippen LogP contribution in [-0.2, 0) is 6.54 Å². The van der Waals surface area contributed by atoms with Crippen molar-refractivity contribution in [3.8, 4) is 11.5 Å². The summed E-state index contributed by atoms with van der Waals surface area (Å²) in [5, 5.41) is 3.53. The van der Waals surface area contributed by atoms with Gasteiger partial charge in [0, 0.05) is 12.6 Å². The molecule has 0 spiro atoms. The maximum atomic E-state index is 5.39. The molecule has 3 rings (SSSR count). The molecule has 0 aromatic heterocycles. The number of fused-ring (bicyclic) bond motifs is 1. The van der Waals surface area contributed by atoms with E-state index in [1.807, 2.05) is 12.1 Å². The van der Waals surface area contributed by atoms with Crippen LogP contribution in [0.5, 0.6) is 11.5 Å². The number of rotatable bonds is 4. The fraction of sp³-hybridized carbons (Fsp3) is 0.294. The molecule has 3 nitrogen and oxygen atoms in total. The average molecular weight is 269 g/mol. The van der Waals surface area contributed by atoms with Gasteiger partial charge in [0.2, 0.25) is 6.79 Å². The van der Waals surface area contributed by atoms with Crippen LogP contribution in [0, 0.1) is 6.92 Å². The third kappa shape index (κ3) is 2.78. The van der Waals surface area contributed by atoms with Crippen molar-refractivity contribution in [1.82, 2.24) is 5.32 Å². The molecular weight excluding hydrogens is 250 g/mol. The van der Waals surface area contributed by atoms with Crippen molar-refractivity contribution in [1.29, 1.82) is 0 Å². The van der Waals surface area contributed by atoms with Crippen LogP contribution in [0.2, 0.25) is 0 Å². The van der Waals surface area contributed by atoms with Gasteiger partial charge in [0.1, 0.15) is 0 Å². The van der Waals surface area contributed by atoms with Crippen molar-refractivity contribution in [3.63, 3.8) is 0 Å². The van der Waals surface area contributed by atoms with E-state index in [0.717, 1.165) is 18.0 Å². The summed E-state index contributed by atoms with van der Waals surface area (Å²) in [7, 11) is 0. The lowest BCUT2D eigenvalue weighted by molar-refractivity contribution is 0.174. The van der Waals surface area contributed by atoms with Gasteiger partial charge in [-0.1, -0.05) is 35.9 Å². The first-order chi connectivity index (χ1) is 9.72. The van der Waals surface area contributed by atoms with Gasteiger partial charge in [0.15, 0.2) is 11.5 Å². The topological polar surface area (TPSA) is 30.5 Å². The van der Waals surface area contributed by atoms with Gasteiger partial charge in [-0.25, -0.2) is 0 Å². The number of ether oxygens (including phenoxy) is 2. The summed E-state index contributed by atoms with van der Waals surface area (Å²) >= 11 is 0. The van der Waals surface area contributed by atoms with Crippen LogP contribution in [0.1, 0.15) is 29.7 Å². The van der Waals surface area contributed by atoms with Crippen LogP contribution >= 0.6 is 0 Å². The Labute approximate surface area is 119 Å². The van der Waals surface area contributed by atoms with Crippen LogP contribution in [0.4, 0.5) is 0 Å². The molecule has 1 N–H and O–H groups in total. The first-order valence-corrected chi connectivity index (χ1v) is 6.91. The van der Waals surface area contributed by atoms with E-state index in [1.165, 1.54) is 16.7 Å². The highest BCUT2D eigenvalue weighted by molar-refractivity contribution is 5.44. The van der Waals surface area contributed by atoms with Gasteiger partial charge in [-0.2, -0.15) is 0 Å². The minimum absolute atomic E-state index is 0.320. The second kappa shape index (κ2) is 5.55. The fourth-order valence-electron chi connectivity index (χ4n) is 2.29. The lowest BCUT2D eigenvalue weighted by Crippen LogP contribution is -2.17. The second-order valence-corrected chi connectivity index (χ2v) is 5.20. The first-order valence-electron chi connectivity index (χ1n) is 6.91. The van der Waals surface area contributed by atoms with Gasteiger partial charge in [-0.3, -0.25) is 0 Å². The van der Waals surface area contributed by atoms with Crippen molar-refractivity contribution in [2.45, 2.75) is 26.4 Å². The van der Waals surface area contributed by atoms with Crippen LogP contribution < -0.4 is 14.8 Å². The smallest absolute Gasteiger partial charge is 0.231 e. The van der Waals surface area contributed by atoms with Crippen molar-refractivity contribution in [3.05, 3.63) is 59.2 Å². The normalized spacial score (nSPS) is 14.3. The first kappa shape index (κ1) is 13.0. The Balaban J connectivity index is 1.63. The zero-order valence-corrected chi connectivity index (χ0v) is 11.8. The van der Waals surface area contributed by atoms with Crippen LogP contribution in [-0.4, -0.2) is 6.79 Å². The van der Waals surface area contributed by atoms with Gasteiger partial charge < -0.3 is 14.8 Å². The zero-order valence-electron chi connectivity index (χ0n) is 11.8. The average Bonchev–Trinajstić information content (AvgIpc) is 2.93. The Kier molecular flexibility index (Phi) is 3.61. The van der Waals surface area contributed by atoms with Crippen LogP contribution in [0.25, 0.3) is 0 Å². The standard InChI is InChI=1S/C17H19NO2/c1-12-3-6-15(7-4-12)13(2)18-10-14-5-8-16-17(9-14)20-11-19-16/h3-9,13,18H,10-11H2,1-2H3/t13-/m1/s1. The summed E-state index contributed by atoms with van der Waals surface area (Å²) in [6, 6.07) is 15.0. The lowest BCUT2D eigenvalue weighted by atomic mass is 10.1. The molecule has 3 heteroatoms. The number of benzene rings is 2. The molecule has 0 aliphatic carbocycles. The molecule has 0 fully saturated rings. The van der Waals surface area contributed by atoms with Crippen molar-refractivity contribution in [2.75, 3.05) is 6.79 Å². The van der Waals surface area contributed by atoms with Gasteiger partial charge in [0.25, 0.3) is 0 Å². The highest BCUT2D eigenvalue weighted by Gasteiger charge is 2.13. The molecule has 0 saturated carbocycles. The Bertz CT molecular complexity index is 592. The van der Waals surface area contributed by atoms with E-state index in [-0.39, 0.29) is 0 Å². The quantitative estimate of drug-likeness (QED) is 0.920. The molecule has 0 saturated heterocycles. The predicted molar refractivity (Wildman–Crippen MR) is 79.0 cm³/mol. The van der Waals surface area contributed by atoms with Crippen molar-refractivity contribution in [2.24, 2.45) is 0 Å². The molecule has 1 atom stereocenters. The fourth-order valence-corrected chi connectivity index (χ4v) is 2.29. The molecule has 1 heterocycles. The van der Waals surface area contributed by atoms with Crippen LogP contribution in [0.15, 0.2) is 42.5 Å². The zero-order chi connectivity index (χ0) is 13.9. The van der Waals surface area contributed by atoms with E-state index in [0.29, 0.717) is 12.8 Å². The maximum Gasteiger partial charge on any atom is 0.231 e. The molecule has 0 amide bonds. The van der Waals surface area contributed by atoms with E-state index in [4.69, 9.17) is 9.47 Å². The Morgan fingerprint density at radius 3 is 2.60 bits per heavy atom. The Morgan fingerprint density at radius 2 is 1.80 bits per heavy atom. The molecule has 2 aromatic rings. The largest absolute Gasteiger partial charge is 0.454 e. The second-order valence-electron chi connectivity index (χ2n) is 5.20. The van der Waals surface area contributed by atoms with E-state index >= 15 is 0 Å². The minimum atomic E-state index is 0.320. The van der Waals surface area contributed by atoms with Crippen LogP contribution in [0.3, 0.4) is 0 Å². The Morgan fingerprint density at radius 1 is 1.05 bits per heavy atom. The van der Waals surface area contributed by atoms with Gasteiger partial charge in [0.05, 0.1) is 0 Å². The molecule has 2 aromatic carbocycles. The summed E-state index contributed by atoms with van der Waals surface area (Å²) < 4.78 is 10.7. The number of hydrogen-bond donors (Lipinski definition) is 1. The summed E-state index contributed by atoms with van der Waals surface area (Å²) in [5.74, 6) is 1.67. The summed E-state index contributed by atoms with van der Waals surface area (Å²) in [6.07, 6.45) is 0. The lowest BCUT2D eigenvalue weighted by Gasteiger charge is -2.14. The summed E-state index contributed by atoms with van der Waals surface area (Å²) in [6.45, 7) is 5.42. The van der Waals surface area contributed by atoms with E-state index in [1.54, 1.807) is 0 Å². The van der Waals surface area contributed by atoms with Crippen molar-refractivity contribution >= 4 is 0 Å². The number of hydrogen-bond acceptors (Lipinski definition) is 3. The van der Waals surface area contributed by atoms with Crippen molar-refractivity contribution < 1.29 is 9.47 Å². The monoisotopic (exact) mass is 269 g/mol. The Hall–Kier alpha value is -2.00. The molecular formula is C17H19NO2. The molecule has 0 unspecified atom stereocenters. The summed E-state index contributed by atoms with van der Waals surface area (Å²) in [4.78, 5) is 0. The molecule has 104 valence electrons. The molecule has 1 aliphatic rings. The minimum Gasteiger partial charge on any atom is -0.454 e. The van der Waals surface area contributed by atoms with E-state index < -0.39 is 0 Å². The predicted octanol–water partition coefficient (Wildman–Crippen LogP) is 3.57. The summed E-state index contributed by atoms with van der Waals surface area (Å²) in [5.41, 5.74) is 3.79. The van der Waals surface area contributed by atoms with E-state index in [9.17, 15) is 0 Å². The third-order valence-corrected chi connectivity index (χ3v) is 3.63. The highest BCUT2D eigenvalue weighted by atomic mass is 16.7. The van der Waals surface area contributed by atoms with Gasteiger partial charge >= 0.3 is 0 Å². The molecule has 20 heavy (non-hydrogen) atoms.